The molecule has 3 N–H and O–H groups in total. The molecule has 5 heteroatoms. The summed E-state index contributed by atoms with van der Waals surface area (Å²) in [4.78, 5) is 18.7. The Morgan fingerprint density at radius 2 is 1.82 bits per heavy atom. The first-order chi connectivity index (χ1) is 16.7. The fraction of sp³-hybridized carbons (Fsp3) is 0.276. The number of aromatic nitrogens is 1. The molecule has 0 spiro atoms. The van der Waals surface area contributed by atoms with Gasteiger partial charge in [0.1, 0.15) is 12.4 Å². The van der Waals surface area contributed by atoms with Gasteiger partial charge >= 0.3 is 0 Å². The average molecular weight is 454 g/mol. The Hall–Kier alpha value is -3.57. The first-order valence-electron chi connectivity index (χ1n) is 12.1. The number of carbonyl (C=O) groups is 1. The van der Waals surface area contributed by atoms with Crippen LogP contribution in [0.3, 0.4) is 0 Å². The van der Waals surface area contributed by atoms with Crippen molar-refractivity contribution < 1.29 is 9.53 Å². The number of fused-ring (bicyclic) bond motifs is 3. The van der Waals surface area contributed by atoms with Crippen molar-refractivity contribution in [2.45, 2.75) is 32.2 Å². The van der Waals surface area contributed by atoms with Gasteiger partial charge in [0.2, 0.25) is 0 Å². The third-order valence-electron chi connectivity index (χ3n) is 6.57. The molecule has 0 unspecified atom stereocenters. The van der Waals surface area contributed by atoms with Crippen molar-refractivity contribution in [2.24, 2.45) is 0 Å². The number of aryl methyl sites for hydroxylation is 2. The second-order valence-corrected chi connectivity index (χ2v) is 9.09. The second-order valence-electron chi connectivity index (χ2n) is 9.09. The number of nitrogens with zero attached hydrogens (tertiary/aromatic N) is 1. The van der Waals surface area contributed by atoms with Crippen LogP contribution in [0.15, 0.2) is 72.8 Å². The number of nitrogens with one attached hydrogen (secondary N) is 1. The van der Waals surface area contributed by atoms with E-state index in [1.807, 2.05) is 30.3 Å². The van der Waals surface area contributed by atoms with E-state index in [0.29, 0.717) is 37.5 Å². The topological polar surface area (TPSA) is 71.3 Å². The molecule has 0 aliphatic heterocycles. The SMILES string of the molecule is Nc1cccc(C(=O)CN(CCOc2ccc3c4c([nH]c3c2)CCCC4)Cc2ccccc2)c1. The molecule has 0 bridgehead atoms. The van der Waals surface area contributed by atoms with Crippen molar-refractivity contribution in [1.82, 2.24) is 9.88 Å². The number of benzene rings is 3. The quantitative estimate of drug-likeness (QED) is 0.263. The minimum Gasteiger partial charge on any atom is -0.492 e. The number of ether oxygens (including phenoxy) is 1. The Kier molecular flexibility index (Phi) is 6.63. The molecule has 1 aliphatic carbocycles. The summed E-state index contributed by atoms with van der Waals surface area (Å²) >= 11 is 0. The number of ketones is 1. The molecule has 1 aliphatic rings. The van der Waals surface area contributed by atoms with Gasteiger partial charge in [0.25, 0.3) is 0 Å². The third kappa shape index (κ3) is 5.15. The van der Waals surface area contributed by atoms with Gasteiger partial charge in [-0.3, -0.25) is 9.69 Å². The molecule has 174 valence electrons. The Labute approximate surface area is 200 Å². The predicted octanol–water partition coefficient (Wildman–Crippen LogP) is 5.39. The number of anilines is 1. The molecule has 0 saturated carbocycles. The minimum atomic E-state index is 0.0571. The fourth-order valence-corrected chi connectivity index (χ4v) is 4.84. The zero-order valence-corrected chi connectivity index (χ0v) is 19.4. The van der Waals surface area contributed by atoms with Crippen LogP contribution < -0.4 is 10.5 Å². The van der Waals surface area contributed by atoms with E-state index < -0.39 is 0 Å². The largest absolute Gasteiger partial charge is 0.492 e. The van der Waals surface area contributed by atoms with Gasteiger partial charge in [0.15, 0.2) is 5.78 Å². The van der Waals surface area contributed by atoms with E-state index in [2.05, 4.69) is 40.2 Å². The number of hydrogen-bond donors (Lipinski definition) is 2. The Morgan fingerprint density at radius 3 is 2.68 bits per heavy atom. The summed E-state index contributed by atoms with van der Waals surface area (Å²) < 4.78 is 6.13. The molecule has 5 nitrogen and oxygen atoms in total. The van der Waals surface area contributed by atoms with Crippen LogP contribution in [-0.4, -0.2) is 35.4 Å². The predicted molar refractivity (Wildman–Crippen MR) is 137 cm³/mol. The molecule has 3 aromatic carbocycles. The van der Waals surface area contributed by atoms with Gasteiger partial charge in [-0.1, -0.05) is 42.5 Å². The van der Waals surface area contributed by atoms with E-state index in [1.54, 1.807) is 12.1 Å². The number of H-pyrrole nitrogens is 1. The molecule has 0 amide bonds. The normalized spacial score (nSPS) is 13.2. The zero-order valence-electron chi connectivity index (χ0n) is 19.4. The first kappa shape index (κ1) is 22.2. The van der Waals surface area contributed by atoms with Crippen LogP contribution in [0.5, 0.6) is 5.75 Å². The fourth-order valence-electron chi connectivity index (χ4n) is 4.84. The maximum Gasteiger partial charge on any atom is 0.176 e. The molecule has 0 saturated heterocycles. The highest BCUT2D eigenvalue weighted by Crippen LogP contribution is 2.31. The van der Waals surface area contributed by atoms with Crippen molar-refractivity contribution in [3.63, 3.8) is 0 Å². The highest BCUT2D eigenvalue weighted by atomic mass is 16.5. The van der Waals surface area contributed by atoms with E-state index in [1.165, 1.54) is 35.0 Å². The Bertz CT molecular complexity index is 1280. The monoisotopic (exact) mass is 453 g/mol. The van der Waals surface area contributed by atoms with Crippen molar-refractivity contribution >= 4 is 22.4 Å². The van der Waals surface area contributed by atoms with Crippen molar-refractivity contribution in [2.75, 3.05) is 25.4 Å². The van der Waals surface area contributed by atoms with Crippen LogP contribution in [0.2, 0.25) is 0 Å². The second kappa shape index (κ2) is 10.1. The average Bonchev–Trinajstić information content (AvgIpc) is 3.22. The Balaban J connectivity index is 1.25. The lowest BCUT2D eigenvalue weighted by Crippen LogP contribution is -2.33. The Morgan fingerprint density at radius 1 is 0.971 bits per heavy atom. The van der Waals surface area contributed by atoms with Crippen molar-refractivity contribution in [3.05, 3.63) is 95.2 Å². The maximum absolute atomic E-state index is 12.9. The molecule has 5 rings (SSSR count). The van der Waals surface area contributed by atoms with Crippen LogP contribution in [0.1, 0.15) is 40.0 Å². The molecule has 0 radical (unpaired) electrons. The van der Waals surface area contributed by atoms with E-state index in [9.17, 15) is 4.79 Å². The number of carbonyl (C=O) groups excluding carboxylic acids is 1. The molecule has 1 heterocycles. The molecular formula is C29H31N3O2. The number of Topliss-reactive ketones (excluding diaryl/α,β-unsaturated/α-hetero) is 1. The van der Waals surface area contributed by atoms with Crippen LogP contribution in [0, 0.1) is 0 Å². The zero-order chi connectivity index (χ0) is 23.3. The maximum atomic E-state index is 12.9. The van der Waals surface area contributed by atoms with Gasteiger partial charge < -0.3 is 15.5 Å². The number of nitrogen functional groups attached to an aromatic ring is 1. The molecule has 34 heavy (non-hydrogen) atoms. The lowest BCUT2D eigenvalue weighted by Gasteiger charge is -2.22. The van der Waals surface area contributed by atoms with Gasteiger partial charge in [-0.2, -0.15) is 0 Å². The number of aromatic amines is 1. The summed E-state index contributed by atoms with van der Waals surface area (Å²) in [5.74, 6) is 0.912. The summed E-state index contributed by atoms with van der Waals surface area (Å²) in [7, 11) is 0. The minimum absolute atomic E-state index is 0.0571. The van der Waals surface area contributed by atoms with Crippen molar-refractivity contribution in [3.8, 4) is 5.75 Å². The van der Waals surface area contributed by atoms with Crippen LogP contribution in [0.25, 0.3) is 10.9 Å². The summed E-state index contributed by atoms with van der Waals surface area (Å²) in [5, 5.41) is 1.32. The summed E-state index contributed by atoms with van der Waals surface area (Å²) in [6, 6.07) is 23.7. The highest BCUT2D eigenvalue weighted by molar-refractivity contribution is 5.98. The van der Waals surface area contributed by atoms with E-state index in [4.69, 9.17) is 10.5 Å². The van der Waals surface area contributed by atoms with Crippen LogP contribution >= 0.6 is 0 Å². The summed E-state index contributed by atoms with van der Waals surface area (Å²) in [5.41, 5.74) is 12.3. The standard InChI is InChI=1S/C29H31N3O2/c30-23-10-6-9-22(17-23)29(33)20-32(19-21-7-2-1-3-8-21)15-16-34-24-13-14-26-25-11-4-5-12-27(25)31-28(26)18-24/h1-3,6-10,13-14,17-18,31H,4-5,11-12,15-16,19-20,30H2. The molecule has 0 atom stereocenters. The lowest BCUT2D eigenvalue weighted by molar-refractivity contribution is 0.0912. The van der Waals surface area contributed by atoms with Gasteiger partial charge in [-0.25, -0.2) is 0 Å². The van der Waals surface area contributed by atoms with Gasteiger partial charge in [-0.05, 0) is 61.1 Å². The van der Waals surface area contributed by atoms with Crippen LogP contribution in [0.4, 0.5) is 5.69 Å². The van der Waals surface area contributed by atoms with Gasteiger partial charge in [0, 0.05) is 47.0 Å². The third-order valence-corrected chi connectivity index (χ3v) is 6.57. The smallest absolute Gasteiger partial charge is 0.176 e. The number of rotatable bonds is 9. The molecule has 4 aromatic rings. The summed E-state index contributed by atoms with van der Waals surface area (Å²) in [6.07, 6.45) is 4.82. The summed E-state index contributed by atoms with van der Waals surface area (Å²) in [6.45, 7) is 2.13. The number of hydrogen-bond acceptors (Lipinski definition) is 4. The molecule has 0 fully saturated rings. The van der Waals surface area contributed by atoms with Crippen molar-refractivity contribution in [1.29, 1.82) is 0 Å². The van der Waals surface area contributed by atoms with Gasteiger partial charge in [0.05, 0.1) is 6.54 Å². The van der Waals surface area contributed by atoms with E-state index in [-0.39, 0.29) is 5.78 Å². The number of nitrogens with two attached hydrogens (primary N) is 1. The van der Waals surface area contributed by atoms with Gasteiger partial charge in [-0.15, -0.1) is 0 Å². The first-order valence-corrected chi connectivity index (χ1v) is 12.1. The molecule has 1 aromatic heterocycles. The highest BCUT2D eigenvalue weighted by Gasteiger charge is 2.16. The lowest BCUT2D eigenvalue weighted by atomic mass is 9.96. The van der Waals surface area contributed by atoms with Crippen LogP contribution in [-0.2, 0) is 19.4 Å². The molecular weight excluding hydrogens is 422 g/mol. The van der Waals surface area contributed by atoms with E-state index in [0.717, 1.165) is 24.1 Å². The van der Waals surface area contributed by atoms with E-state index >= 15 is 0 Å².